The Labute approximate surface area is 168 Å². The van der Waals surface area contributed by atoms with Crippen molar-refractivity contribution in [3.63, 3.8) is 0 Å². The first-order chi connectivity index (χ1) is 13.7. The number of phenols is 1. The number of carbonyl (C=O) groups excluding carboxylic acids is 2. The standard InChI is InChI=1S/C20H26O9/c1-3-8-28-19(25)20(26)10-14(22)18(24)16(11-20)29-17(23)7-5-12-4-6-15(27-2)13(21)9-12/h4-7,9,14,16,18,21-22,24,26H,3,8,10-11H2,1-2H3. The van der Waals surface area contributed by atoms with Crippen LogP contribution < -0.4 is 4.74 Å². The molecule has 0 radical (unpaired) electrons. The maximum Gasteiger partial charge on any atom is 0.338 e. The van der Waals surface area contributed by atoms with Gasteiger partial charge in [0.1, 0.15) is 12.2 Å². The van der Waals surface area contributed by atoms with Crippen molar-refractivity contribution in [2.24, 2.45) is 0 Å². The summed E-state index contributed by atoms with van der Waals surface area (Å²) < 4.78 is 15.0. The van der Waals surface area contributed by atoms with Gasteiger partial charge in [0.15, 0.2) is 17.1 Å². The molecule has 1 aromatic carbocycles. The Morgan fingerprint density at radius 1 is 1.28 bits per heavy atom. The van der Waals surface area contributed by atoms with Crippen LogP contribution in [0.1, 0.15) is 31.7 Å². The van der Waals surface area contributed by atoms with Crippen LogP contribution in [0.15, 0.2) is 24.3 Å². The molecule has 0 bridgehead atoms. The number of aliphatic hydroxyl groups excluding tert-OH is 2. The van der Waals surface area contributed by atoms with Crippen molar-refractivity contribution < 1.29 is 44.2 Å². The van der Waals surface area contributed by atoms with Crippen molar-refractivity contribution in [1.29, 1.82) is 0 Å². The SMILES string of the molecule is CCCOC(=O)C1(O)CC(O)C(O)C(OC(=O)C=Cc2ccc(OC)c(O)c2)C1. The van der Waals surface area contributed by atoms with E-state index in [0.717, 1.165) is 6.08 Å². The molecule has 29 heavy (non-hydrogen) atoms. The molecular formula is C20H26O9. The van der Waals surface area contributed by atoms with Crippen LogP contribution in [0.25, 0.3) is 6.08 Å². The average Bonchev–Trinajstić information content (AvgIpc) is 2.68. The molecule has 4 unspecified atom stereocenters. The molecular weight excluding hydrogens is 384 g/mol. The zero-order valence-electron chi connectivity index (χ0n) is 16.3. The molecule has 1 aromatic rings. The van der Waals surface area contributed by atoms with Crippen molar-refractivity contribution in [2.45, 2.75) is 50.1 Å². The van der Waals surface area contributed by atoms with Crippen LogP contribution in [0.4, 0.5) is 0 Å². The number of aromatic hydroxyl groups is 1. The van der Waals surface area contributed by atoms with Crippen molar-refractivity contribution in [3.05, 3.63) is 29.8 Å². The Bertz CT molecular complexity index is 760. The van der Waals surface area contributed by atoms with E-state index in [2.05, 4.69) is 0 Å². The summed E-state index contributed by atoms with van der Waals surface area (Å²) in [4.78, 5) is 24.2. The fraction of sp³-hybridized carbons (Fsp3) is 0.500. The monoisotopic (exact) mass is 410 g/mol. The van der Waals surface area contributed by atoms with E-state index in [1.54, 1.807) is 13.0 Å². The van der Waals surface area contributed by atoms with Crippen LogP contribution in [0.5, 0.6) is 11.5 Å². The molecule has 0 heterocycles. The maximum absolute atomic E-state index is 12.1. The number of hydrogen-bond donors (Lipinski definition) is 4. The van der Waals surface area contributed by atoms with E-state index in [4.69, 9.17) is 14.2 Å². The highest BCUT2D eigenvalue weighted by molar-refractivity contribution is 5.87. The van der Waals surface area contributed by atoms with Crippen LogP contribution in [0.2, 0.25) is 0 Å². The lowest BCUT2D eigenvalue weighted by Crippen LogP contribution is -2.57. The number of phenolic OH excluding ortho intramolecular Hbond substituents is 1. The molecule has 1 aliphatic carbocycles. The first-order valence-corrected chi connectivity index (χ1v) is 9.21. The molecule has 0 aliphatic heterocycles. The fourth-order valence-corrected chi connectivity index (χ4v) is 3.02. The molecule has 9 nitrogen and oxygen atoms in total. The lowest BCUT2D eigenvalue weighted by Gasteiger charge is -2.39. The Hall–Kier alpha value is -2.62. The Morgan fingerprint density at radius 2 is 2.00 bits per heavy atom. The van der Waals surface area contributed by atoms with E-state index in [0.29, 0.717) is 12.0 Å². The number of carbonyl (C=O) groups is 2. The molecule has 4 N–H and O–H groups in total. The third-order valence-corrected chi connectivity index (χ3v) is 4.56. The molecule has 4 atom stereocenters. The third-order valence-electron chi connectivity index (χ3n) is 4.56. The predicted octanol–water partition coefficient (Wildman–Crippen LogP) is 0.526. The van der Waals surface area contributed by atoms with Crippen LogP contribution in [0, 0.1) is 0 Å². The van der Waals surface area contributed by atoms with Crippen molar-refractivity contribution in [3.8, 4) is 11.5 Å². The lowest BCUT2D eigenvalue weighted by molar-refractivity contribution is -0.199. The average molecular weight is 410 g/mol. The molecule has 0 saturated heterocycles. The second kappa shape index (κ2) is 9.73. The lowest BCUT2D eigenvalue weighted by atomic mass is 9.79. The summed E-state index contributed by atoms with van der Waals surface area (Å²) in [5.41, 5.74) is -1.58. The van der Waals surface area contributed by atoms with E-state index in [9.17, 15) is 30.0 Å². The molecule has 1 fully saturated rings. The summed E-state index contributed by atoms with van der Waals surface area (Å²) in [5, 5.41) is 40.4. The summed E-state index contributed by atoms with van der Waals surface area (Å²) in [6.45, 7) is 1.89. The van der Waals surface area contributed by atoms with Gasteiger partial charge in [0, 0.05) is 18.9 Å². The smallest absolute Gasteiger partial charge is 0.338 e. The highest BCUT2D eigenvalue weighted by Gasteiger charge is 2.51. The first-order valence-electron chi connectivity index (χ1n) is 9.21. The predicted molar refractivity (Wildman–Crippen MR) is 101 cm³/mol. The molecule has 0 amide bonds. The zero-order valence-corrected chi connectivity index (χ0v) is 16.3. The molecule has 2 rings (SSSR count). The number of rotatable bonds is 7. The number of hydrogen-bond acceptors (Lipinski definition) is 9. The number of aliphatic hydroxyl groups is 3. The van der Waals surface area contributed by atoms with Gasteiger partial charge in [-0.15, -0.1) is 0 Å². The second-order valence-corrected chi connectivity index (χ2v) is 6.87. The number of esters is 2. The van der Waals surface area contributed by atoms with Gasteiger partial charge in [0.2, 0.25) is 0 Å². The topological polar surface area (TPSA) is 143 Å². The molecule has 9 heteroatoms. The normalized spacial score (nSPS) is 26.9. The van der Waals surface area contributed by atoms with Gasteiger partial charge in [0.25, 0.3) is 0 Å². The van der Waals surface area contributed by atoms with E-state index in [-0.39, 0.29) is 18.1 Å². The van der Waals surface area contributed by atoms with Gasteiger partial charge in [-0.1, -0.05) is 13.0 Å². The largest absolute Gasteiger partial charge is 0.504 e. The molecule has 1 saturated carbocycles. The van der Waals surface area contributed by atoms with Gasteiger partial charge in [0.05, 0.1) is 19.8 Å². The van der Waals surface area contributed by atoms with Crippen LogP contribution in [-0.2, 0) is 19.1 Å². The fourth-order valence-electron chi connectivity index (χ4n) is 3.02. The Morgan fingerprint density at radius 3 is 2.62 bits per heavy atom. The van der Waals surface area contributed by atoms with Gasteiger partial charge in [-0.25, -0.2) is 9.59 Å². The minimum absolute atomic E-state index is 0.0989. The number of ether oxygens (including phenoxy) is 3. The van der Waals surface area contributed by atoms with Crippen LogP contribution in [-0.4, -0.2) is 70.0 Å². The summed E-state index contributed by atoms with van der Waals surface area (Å²) >= 11 is 0. The first kappa shape index (κ1) is 22.7. The molecule has 0 spiro atoms. The zero-order chi connectivity index (χ0) is 21.6. The highest BCUT2D eigenvalue weighted by atomic mass is 16.6. The van der Waals surface area contributed by atoms with E-state index < -0.39 is 48.7 Å². The van der Waals surface area contributed by atoms with Crippen LogP contribution >= 0.6 is 0 Å². The van der Waals surface area contributed by atoms with Gasteiger partial charge in [-0.3, -0.25) is 0 Å². The summed E-state index contributed by atoms with van der Waals surface area (Å²) in [7, 11) is 1.41. The quantitative estimate of drug-likeness (QED) is 0.374. The van der Waals surface area contributed by atoms with E-state index >= 15 is 0 Å². The van der Waals surface area contributed by atoms with Gasteiger partial charge in [-0.2, -0.15) is 0 Å². The second-order valence-electron chi connectivity index (χ2n) is 6.87. The minimum Gasteiger partial charge on any atom is -0.504 e. The van der Waals surface area contributed by atoms with Crippen molar-refractivity contribution in [2.75, 3.05) is 13.7 Å². The molecule has 0 aromatic heterocycles. The molecule has 1 aliphatic rings. The summed E-state index contributed by atoms with van der Waals surface area (Å²) in [5.74, 6) is -1.62. The summed E-state index contributed by atoms with van der Waals surface area (Å²) in [6.07, 6.45) is -2.09. The van der Waals surface area contributed by atoms with Crippen LogP contribution in [0.3, 0.4) is 0 Å². The highest BCUT2D eigenvalue weighted by Crippen LogP contribution is 2.32. The van der Waals surface area contributed by atoms with Gasteiger partial charge in [-0.05, 0) is 30.2 Å². The number of benzene rings is 1. The maximum atomic E-state index is 12.1. The van der Waals surface area contributed by atoms with E-state index in [1.807, 2.05) is 0 Å². The Balaban J connectivity index is 2.05. The summed E-state index contributed by atoms with van der Waals surface area (Å²) in [6, 6.07) is 4.50. The van der Waals surface area contributed by atoms with Gasteiger partial charge >= 0.3 is 11.9 Å². The van der Waals surface area contributed by atoms with Crippen molar-refractivity contribution >= 4 is 18.0 Å². The third kappa shape index (κ3) is 5.69. The van der Waals surface area contributed by atoms with Crippen molar-refractivity contribution in [1.82, 2.24) is 0 Å². The minimum atomic E-state index is -2.07. The molecule has 160 valence electrons. The van der Waals surface area contributed by atoms with Gasteiger partial charge < -0.3 is 34.6 Å². The Kier molecular flexibility index (Phi) is 7.60. The van der Waals surface area contributed by atoms with E-state index in [1.165, 1.54) is 25.3 Å². The number of methoxy groups -OCH3 is 1.